The maximum Gasteiger partial charge on any atom is 0.264 e. The Hall–Kier alpha value is -4.83. The number of unbranched alkanes of at least 4 members (excludes halogenated alkanes) is 1. The molecule has 1 atom stereocenters. The molecule has 0 saturated heterocycles. The van der Waals surface area contributed by atoms with Crippen LogP contribution in [-0.2, 0) is 32.6 Å². The molecule has 10 heteroatoms. The lowest BCUT2D eigenvalue weighted by atomic mass is 10.0. The number of ether oxygens (including phenoxy) is 2. The number of para-hydroxylation sites is 1. The highest BCUT2D eigenvalue weighted by Crippen LogP contribution is 2.32. The SMILES string of the molecule is CCCCNC(=O)C(Cc1ccccc1)N(Cc1ccc(C)cc1)C(=O)CN(c1ccccc1)S(=O)(=O)c1ccc(OC)c(OC)c1. The van der Waals surface area contributed by atoms with Crippen molar-refractivity contribution in [2.75, 3.05) is 31.6 Å². The van der Waals surface area contributed by atoms with Crippen LogP contribution in [0.5, 0.6) is 11.5 Å². The predicted molar refractivity (Wildman–Crippen MR) is 184 cm³/mol. The van der Waals surface area contributed by atoms with Gasteiger partial charge < -0.3 is 19.7 Å². The van der Waals surface area contributed by atoms with E-state index in [0.717, 1.165) is 33.8 Å². The van der Waals surface area contributed by atoms with Crippen molar-refractivity contribution in [1.29, 1.82) is 0 Å². The number of carbonyl (C=O) groups excluding carboxylic acids is 2. The normalized spacial score (nSPS) is 11.7. The molecule has 2 amide bonds. The van der Waals surface area contributed by atoms with Gasteiger partial charge in [-0.1, -0.05) is 91.7 Å². The average Bonchev–Trinajstić information content (AvgIpc) is 3.09. The standard InChI is InChI=1S/C37H43N3O6S/c1-5-6-23-38-37(42)33(24-29-13-9-7-10-14-29)39(26-30-19-17-28(2)18-20-30)36(41)27-40(31-15-11-8-12-16-31)47(43,44)32-21-22-34(45-3)35(25-32)46-4/h7-22,25,33H,5-6,23-24,26-27H2,1-4H3,(H,38,42). The van der Waals surface area contributed by atoms with E-state index in [9.17, 15) is 18.0 Å². The highest BCUT2D eigenvalue weighted by molar-refractivity contribution is 7.92. The van der Waals surface area contributed by atoms with Gasteiger partial charge in [-0.15, -0.1) is 0 Å². The van der Waals surface area contributed by atoms with E-state index in [-0.39, 0.29) is 29.5 Å². The number of nitrogens with zero attached hydrogens (tertiary/aromatic N) is 2. The van der Waals surface area contributed by atoms with Crippen LogP contribution in [0.2, 0.25) is 0 Å². The average molecular weight is 658 g/mol. The molecule has 4 aromatic carbocycles. The van der Waals surface area contributed by atoms with Gasteiger partial charge in [-0.2, -0.15) is 0 Å². The summed E-state index contributed by atoms with van der Waals surface area (Å²) >= 11 is 0. The summed E-state index contributed by atoms with van der Waals surface area (Å²) in [5.41, 5.74) is 3.05. The van der Waals surface area contributed by atoms with Gasteiger partial charge in [0.1, 0.15) is 12.6 Å². The molecule has 1 N–H and O–H groups in total. The Balaban J connectivity index is 1.79. The summed E-state index contributed by atoms with van der Waals surface area (Å²) in [5.74, 6) is -0.210. The van der Waals surface area contributed by atoms with E-state index in [1.54, 1.807) is 30.3 Å². The Bertz CT molecular complexity index is 1710. The van der Waals surface area contributed by atoms with Crippen LogP contribution >= 0.6 is 0 Å². The van der Waals surface area contributed by atoms with Crippen molar-refractivity contribution in [3.63, 3.8) is 0 Å². The molecular formula is C37H43N3O6S. The van der Waals surface area contributed by atoms with Crippen molar-refractivity contribution < 1.29 is 27.5 Å². The zero-order valence-corrected chi connectivity index (χ0v) is 28.2. The van der Waals surface area contributed by atoms with Crippen molar-refractivity contribution in [1.82, 2.24) is 10.2 Å². The van der Waals surface area contributed by atoms with Crippen LogP contribution in [0.3, 0.4) is 0 Å². The number of amides is 2. The van der Waals surface area contributed by atoms with Gasteiger partial charge in [0.15, 0.2) is 11.5 Å². The van der Waals surface area contributed by atoms with Crippen molar-refractivity contribution in [3.05, 3.63) is 120 Å². The lowest BCUT2D eigenvalue weighted by Gasteiger charge is -2.34. The minimum absolute atomic E-state index is 0.0740. The monoisotopic (exact) mass is 657 g/mol. The minimum atomic E-state index is -4.29. The molecule has 0 radical (unpaired) electrons. The Labute approximate surface area is 278 Å². The van der Waals surface area contributed by atoms with E-state index in [1.165, 1.54) is 37.3 Å². The number of carbonyl (C=O) groups is 2. The Kier molecular flexibility index (Phi) is 12.4. The van der Waals surface area contributed by atoms with Gasteiger partial charge in [0.25, 0.3) is 10.0 Å². The smallest absolute Gasteiger partial charge is 0.264 e. The van der Waals surface area contributed by atoms with Crippen molar-refractivity contribution in [3.8, 4) is 11.5 Å². The van der Waals surface area contributed by atoms with E-state index >= 15 is 0 Å². The molecule has 0 bridgehead atoms. The van der Waals surface area contributed by atoms with Gasteiger partial charge in [0.05, 0.1) is 24.8 Å². The van der Waals surface area contributed by atoms with E-state index in [1.807, 2.05) is 68.4 Å². The lowest BCUT2D eigenvalue weighted by molar-refractivity contribution is -0.140. The van der Waals surface area contributed by atoms with Crippen LogP contribution in [0, 0.1) is 6.92 Å². The third-order valence-corrected chi connectivity index (χ3v) is 9.61. The fourth-order valence-corrected chi connectivity index (χ4v) is 6.61. The van der Waals surface area contributed by atoms with Crippen molar-refractivity contribution in [2.24, 2.45) is 0 Å². The molecule has 4 rings (SSSR count). The quantitative estimate of drug-likeness (QED) is 0.154. The molecule has 0 fully saturated rings. The molecule has 0 aliphatic carbocycles. The number of rotatable bonds is 16. The summed E-state index contributed by atoms with van der Waals surface area (Å²) in [4.78, 5) is 29.8. The first-order valence-corrected chi connectivity index (χ1v) is 17.1. The summed E-state index contributed by atoms with van der Waals surface area (Å²) in [5, 5.41) is 3.01. The Morgan fingerprint density at radius 2 is 1.45 bits per heavy atom. The topological polar surface area (TPSA) is 105 Å². The van der Waals surface area contributed by atoms with Gasteiger partial charge >= 0.3 is 0 Å². The summed E-state index contributed by atoms with van der Waals surface area (Å²) in [6, 6.07) is 29.1. The van der Waals surface area contributed by atoms with Gasteiger partial charge in [0.2, 0.25) is 11.8 Å². The van der Waals surface area contributed by atoms with Crippen LogP contribution in [0.15, 0.2) is 108 Å². The second-order valence-corrected chi connectivity index (χ2v) is 13.1. The van der Waals surface area contributed by atoms with E-state index in [2.05, 4.69) is 5.32 Å². The summed E-state index contributed by atoms with van der Waals surface area (Å²) in [6.07, 6.45) is 1.95. The van der Waals surface area contributed by atoms with Crippen LogP contribution in [0.1, 0.15) is 36.5 Å². The third-order valence-electron chi connectivity index (χ3n) is 7.84. The van der Waals surface area contributed by atoms with Gasteiger partial charge in [-0.25, -0.2) is 8.42 Å². The number of nitrogens with one attached hydrogen (secondary N) is 1. The first-order valence-electron chi connectivity index (χ1n) is 15.6. The fraction of sp³-hybridized carbons (Fsp3) is 0.297. The number of hydrogen-bond donors (Lipinski definition) is 1. The molecule has 248 valence electrons. The predicted octanol–water partition coefficient (Wildman–Crippen LogP) is 5.76. The molecule has 0 aliphatic heterocycles. The molecule has 0 saturated carbocycles. The minimum Gasteiger partial charge on any atom is -0.493 e. The first-order chi connectivity index (χ1) is 22.7. The van der Waals surface area contributed by atoms with Gasteiger partial charge in [0, 0.05) is 25.6 Å². The number of anilines is 1. The molecule has 0 aromatic heterocycles. The number of aryl methyl sites for hydroxylation is 1. The van der Waals surface area contributed by atoms with Gasteiger partial charge in [-0.3, -0.25) is 13.9 Å². The maximum absolute atomic E-state index is 14.6. The largest absolute Gasteiger partial charge is 0.493 e. The number of hydrogen-bond acceptors (Lipinski definition) is 6. The van der Waals surface area contributed by atoms with E-state index in [4.69, 9.17) is 9.47 Å². The fourth-order valence-electron chi connectivity index (χ4n) is 5.18. The molecule has 4 aromatic rings. The third kappa shape index (κ3) is 9.13. The van der Waals surface area contributed by atoms with Crippen LogP contribution in [0.25, 0.3) is 0 Å². The maximum atomic E-state index is 14.6. The molecule has 0 aliphatic rings. The zero-order valence-electron chi connectivity index (χ0n) is 27.4. The van der Waals surface area contributed by atoms with Crippen LogP contribution in [-0.4, -0.2) is 58.5 Å². The summed E-state index contributed by atoms with van der Waals surface area (Å²) in [6.45, 7) is 4.05. The summed E-state index contributed by atoms with van der Waals surface area (Å²) < 4.78 is 40.4. The highest BCUT2D eigenvalue weighted by Gasteiger charge is 2.35. The van der Waals surface area contributed by atoms with Crippen LogP contribution < -0.4 is 19.1 Å². The van der Waals surface area contributed by atoms with Crippen molar-refractivity contribution >= 4 is 27.5 Å². The first kappa shape index (κ1) is 35.0. The van der Waals surface area contributed by atoms with E-state index < -0.39 is 28.5 Å². The molecular weight excluding hydrogens is 614 g/mol. The second kappa shape index (κ2) is 16.6. The van der Waals surface area contributed by atoms with Crippen LogP contribution in [0.4, 0.5) is 5.69 Å². The highest BCUT2D eigenvalue weighted by atomic mass is 32.2. The van der Waals surface area contributed by atoms with Gasteiger partial charge in [-0.05, 0) is 48.7 Å². The second-order valence-electron chi connectivity index (χ2n) is 11.2. The molecule has 1 unspecified atom stereocenters. The van der Waals surface area contributed by atoms with Crippen molar-refractivity contribution in [2.45, 2.75) is 50.6 Å². The number of benzene rings is 4. The Morgan fingerprint density at radius 1 is 0.809 bits per heavy atom. The molecule has 0 spiro atoms. The lowest BCUT2D eigenvalue weighted by Crippen LogP contribution is -2.53. The zero-order chi connectivity index (χ0) is 33.8. The molecule has 9 nitrogen and oxygen atoms in total. The molecule has 0 heterocycles. The Morgan fingerprint density at radius 3 is 2.06 bits per heavy atom. The number of sulfonamides is 1. The summed E-state index contributed by atoms with van der Waals surface area (Å²) in [7, 11) is -1.40. The number of methoxy groups -OCH3 is 2. The molecule has 47 heavy (non-hydrogen) atoms. The van der Waals surface area contributed by atoms with E-state index in [0.29, 0.717) is 18.0 Å².